The van der Waals surface area contributed by atoms with Gasteiger partial charge in [0.2, 0.25) is 8.46 Å². The second kappa shape index (κ2) is 2.73. The van der Waals surface area contributed by atoms with Crippen molar-refractivity contribution >= 4 is 32.5 Å². The van der Waals surface area contributed by atoms with Crippen LogP contribution in [0.5, 0.6) is 0 Å². The van der Waals surface area contributed by atoms with E-state index in [2.05, 4.69) is 4.98 Å². The Bertz CT molecular complexity index is 363. The van der Waals surface area contributed by atoms with E-state index in [0.29, 0.717) is 8.19 Å². The van der Waals surface area contributed by atoms with Crippen LogP contribution < -0.4 is 5.17 Å². The summed E-state index contributed by atoms with van der Waals surface area (Å²) in [5.74, 6) is 0. The van der Waals surface area contributed by atoms with Crippen LogP contribution in [0.25, 0.3) is 10.6 Å². The molecule has 4 heteroatoms. The summed E-state index contributed by atoms with van der Waals surface area (Å²) in [6.07, 6.45) is 0. The topological polar surface area (TPSA) is 30.0 Å². The maximum absolute atomic E-state index is 10.4. The number of para-hydroxylation sites is 1. The lowest BCUT2D eigenvalue weighted by molar-refractivity contribution is 0.603. The van der Waals surface area contributed by atoms with Gasteiger partial charge in [0.25, 0.3) is 0 Å². The molecule has 0 aliphatic rings. The molecule has 0 bridgehead atoms. The largest absolute Gasteiger partial charge is 0.267 e. The lowest BCUT2D eigenvalue weighted by atomic mass is 10.3. The summed E-state index contributed by atoms with van der Waals surface area (Å²) in [7, 11) is 0.557. The van der Waals surface area contributed by atoms with Crippen LogP contribution in [0.2, 0.25) is 0 Å². The average Bonchev–Trinajstić information content (AvgIpc) is 2.46. The van der Waals surface area contributed by atoms with Crippen LogP contribution in [0.4, 0.5) is 0 Å². The van der Waals surface area contributed by atoms with Crippen molar-refractivity contribution in [2.24, 2.45) is 0 Å². The molecule has 0 radical (unpaired) electrons. The molecule has 0 N–H and O–H groups in total. The molecule has 1 heterocycles. The third-order valence-corrected chi connectivity index (χ3v) is 3.37. The first-order valence-electron chi connectivity index (χ1n) is 3.18. The van der Waals surface area contributed by atoms with Crippen LogP contribution in [-0.2, 0) is 4.57 Å². The summed E-state index contributed by atoms with van der Waals surface area (Å²) < 4.78 is 10.4. The van der Waals surface area contributed by atoms with E-state index in [1.54, 1.807) is 0 Å². The molecule has 54 valence electrons. The van der Waals surface area contributed by atoms with E-state index in [4.69, 9.17) is 0 Å². The van der Waals surface area contributed by atoms with E-state index in [-0.39, 0.29) is 8.46 Å². The molecule has 0 aliphatic carbocycles. The summed E-state index contributed by atoms with van der Waals surface area (Å²) in [6.45, 7) is 0. The first-order valence-corrected chi connectivity index (χ1v) is 4.99. The highest BCUT2D eigenvalue weighted by molar-refractivity contribution is 7.57. The van der Waals surface area contributed by atoms with Crippen LogP contribution in [0, 0.1) is 0 Å². The molecule has 2 nitrogen and oxygen atoms in total. The fourth-order valence-corrected chi connectivity index (χ4v) is 2.54. The van der Waals surface area contributed by atoms with Crippen molar-refractivity contribution in [2.75, 3.05) is 0 Å². The highest BCUT2D eigenvalue weighted by atomic mass is 31.1. The lowest BCUT2D eigenvalue weighted by Crippen LogP contribution is -1.82. The second-order valence-corrected chi connectivity index (χ2v) is 4.46. The van der Waals surface area contributed by atoms with E-state index in [0.717, 1.165) is 10.7 Å². The van der Waals surface area contributed by atoms with Gasteiger partial charge in [-0.1, -0.05) is 20.3 Å². The van der Waals surface area contributed by atoms with Gasteiger partial charge in [0.05, 0.1) is 5.52 Å². The van der Waals surface area contributed by atoms with Gasteiger partial charge < -0.3 is 0 Å². The first-order chi connectivity index (χ1) is 5.40. The summed E-state index contributed by atoms with van der Waals surface area (Å²) in [4.78, 5) is 4.17. The predicted molar refractivity (Wildman–Crippen MR) is 48.5 cm³/mol. The normalized spacial score (nSPS) is 11.6. The van der Waals surface area contributed by atoms with Gasteiger partial charge in [-0.15, -0.1) is 0 Å². The second-order valence-electron chi connectivity index (χ2n) is 2.17. The van der Waals surface area contributed by atoms with Crippen LogP contribution >= 0.6 is 16.7 Å². The molecule has 11 heavy (non-hydrogen) atoms. The fourth-order valence-electron chi connectivity index (χ4n) is 0.983. The van der Waals surface area contributed by atoms with Crippen LogP contribution in [-0.4, -0.2) is 4.98 Å². The smallest absolute Gasteiger partial charge is 0.216 e. The minimum absolute atomic E-state index is 0.0607. The van der Waals surface area contributed by atoms with Crippen molar-refractivity contribution in [1.29, 1.82) is 0 Å². The van der Waals surface area contributed by atoms with Crippen LogP contribution in [0.3, 0.4) is 0 Å². The predicted octanol–water partition coefficient (Wildman–Crippen LogP) is 2.18. The summed E-state index contributed by atoms with van der Waals surface area (Å²) >= 11 is 0. The Kier molecular flexibility index (Phi) is 1.73. The molecule has 0 saturated heterocycles. The van der Waals surface area contributed by atoms with Crippen LogP contribution in [0.1, 0.15) is 0 Å². The number of nitrogens with zero attached hydrogens (tertiary/aromatic N) is 1. The van der Waals surface area contributed by atoms with Gasteiger partial charge in [-0.05, 0) is 12.1 Å². The number of fused-ring (bicyclic) bond motifs is 1. The summed E-state index contributed by atoms with van der Waals surface area (Å²) in [5.41, 5.74) is 0.976. The molecule has 1 aromatic heterocycles. The molecular weight excluding hydrogens is 176 g/mol. The molecule has 0 saturated carbocycles. The van der Waals surface area contributed by atoms with Crippen molar-refractivity contribution in [1.82, 2.24) is 4.98 Å². The van der Waals surface area contributed by atoms with Gasteiger partial charge >= 0.3 is 0 Å². The number of hydrogen-bond acceptors (Lipinski definition) is 2. The average molecular weight is 181 g/mol. The maximum atomic E-state index is 10.4. The number of hydrogen-bond donors (Lipinski definition) is 0. The Labute approximate surface area is 66.9 Å². The molecule has 0 amide bonds. The van der Waals surface area contributed by atoms with E-state index < -0.39 is 0 Å². The Morgan fingerprint density at radius 1 is 1.36 bits per heavy atom. The van der Waals surface area contributed by atoms with E-state index >= 15 is 0 Å². The zero-order valence-corrected chi connectivity index (χ0v) is 7.51. The molecule has 0 spiro atoms. The number of benzene rings is 1. The Balaban J connectivity index is 2.78. The van der Waals surface area contributed by atoms with E-state index in [9.17, 15) is 4.57 Å². The highest BCUT2D eigenvalue weighted by Gasteiger charge is 1.98. The van der Waals surface area contributed by atoms with E-state index in [1.807, 2.05) is 24.3 Å². The third kappa shape index (κ3) is 1.20. The molecule has 0 aliphatic heterocycles. The van der Waals surface area contributed by atoms with Gasteiger partial charge in [0, 0.05) is 5.12 Å². The Morgan fingerprint density at radius 3 is 2.91 bits per heavy atom. The third-order valence-electron chi connectivity index (χ3n) is 1.46. The standard InChI is InChI=1S/C7H5NOP2/c9-11-7-8-5-3-1-2-4-6(5)10-7/h1-4,10H. The Hall–Kier alpha value is -0.710. The fraction of sp³-hybridized carbons (Fsp3) is 0. The SMILES string of the molecule is O=Pc1nc2ccccc2[pH]1. The molecule has 1 unspecified atom stereocenters. The minimum atomic E-state index is 0.0607. The molecule has 1 aromatic carbocycles. The van der Waals surface area contributed by atoms with Gasteiger partial charge in [-0.2, -0.15) is 0 Å². The zero-order chi connectivity index (χ0) is 7.68. The monoisotopic (exact) mass is 181 g/mol. The molecule has 0 fully saturated rings. The van der Waals surface area contributed by atoms with Crippen molar-refractivity contribution in [3.63, 3.8) is 0 Å². The van der Waals surface area contributed by atoms with Crippen molar-refractivity contribution in [2.45, 2.75) is 0 Å². The van der Waals surface area contributed by atoms with Crippen molar-refractivity contribution < 1.29 is 4.57 Å². The van der Waals surface area contributed by atoms with Crippen LogP contribution in [0.15, 0.2) is 24.3 Å². The van der Waals surface area contributed by atoms with Gasteiger partial charge in [-0.25, -0.2) is 4.98 Å². The molecular formula is C7H5NOP2. The molecule has 1 atom stereocenters. The first kappa shape index (κ1) is 6.97. The van der Waals surface area contributed by atoms with Gasteiger partial charge in [0.15, 0.2) is 0 Å². The van der Waals surface area contributed by atoms with Crippen molar-refractivity contribution in [3.8, 4) is 0 Å². The summed E-state index contributed by atoms with van der Waals surface area (Å²) in [5, 5.41) is 1.96. The quantitative estimate of drug-likeness (QED) is 0.631. The van der Waals surface area contributed by atoms with Crippen molar-refractivity contribution in [3.05, 3.63) is 24.3 Å². The number of aromatic nitrogens is 1. The summed E-state index contributed by atoms with van der Waals surface area (Å²) in [6, 6.07) is 7.89. The lowest BCUT2D eigenvalue weighted by Gasteiger charge is -1.81. The van der Waals surface area contributed by atoms with Gasteiger partial charge in [-0.3, -0.25) is 4.57 Å². The van der Waals surface area contributed by atoms with E-state index in [1.165, 1.54) is 5.12 Å². The molecule has 2 rings (SSSR count). The maximum Gasteiger partial charge on any atom is 0.216 e. The van der Waals surface area contributed by atoms with Gasteiger partial charge in [0.1, 0.15) is 5.17 Å². The zero-order valence-electron chi connectivity index (χ0n) is 5.61. The number of rotatable bonds is 1. The highest BCUT2D eigenvalue weighted by Crippen LogP contribution is 2.22. The molecule has 2 aromatic rings. The minimum Gasteiger partial charge on any atom is -0.267 e. The Morgan fingerprint density at radius 2 is 2.18 bits per heavy atom.